The van der Waals surface area contributed by atoms with Gasteiger partial charge in [-0.2, -0.15) is 0 Å². The van der Waals surface area contributed by atoms with E-state index in [1.54, 1.807) is 21.7 Å². The van der Waals surface area contributed by atoms with E-state index < -0.39 is 10.0 Å². The Balaban J connectivity index is 1.66. The molecular formula is C24H31ClN8O4S. The SMILES string of the molecule is CCCOc1ccc(S(=O)(=O)NN2CCN(C)CC2)cc1-c1[nH]c2c(c1Cl)n(CCC)c(=O)n1cnnc21. The van der Waals surface area contributed by atoms with Crippen molar-refractivity contribution in [3.8, 4) is 17.0 Å². The first kappa shape index (κ1) is 26.6. The number of sulfonamides is 1. The summed E-state index contributed by atoms with van der Waals surface area (Å²) >= 11 is 6.93. The lowest BCUT2D eigenvalue weighted by Gasteiger charge is -2.32. The minimum atomic E-state index is -3.87. The molecule has 0 aliphatic carbocycles. The highest BCUT2D eigenvalue weighted by atomic mass is 35.5. The van der Waals surface area contributed by atoms with E-state index in [0.29, 0.717) is 66.3 Å². The summed E-state index contributed by atoms with van der Waals surface area (Å²) in [5, 5.41) is 10.0. The average Bonchev–Trinajstić information content (AvgIpc) is 3.52. The first-order chi connectivity index (χ1) is 18.2. The van der Waals surface area contributed by atoms with Crippen molar-refractivity contribution in [1.29, 1.82) is 0 Å². The Hall–Kier alpha value is -2.97. The fourth-order valence-electron chi connectivity index (χ4n) is 4.60. The van der Waals surface area contributed by atoms with E-state index in [1.807, 2.05) is 20.9 Å². The molecule has 204 valence electrons. The summed E-state index contributed by atoms with van der Waals surface area (Å²) in [7, 11) is -1.87. The normalized spacial score (nSPS) is 15.6. The van der Waals surface area contributed by atoms with Crippen molar-refractivity contribution >= 4 is 38.3 Å². The minimum Gasteiger partial charge on any atom is -0.493 e. The number of aromatic nitrogens is 5. The molecule has 3 aromatic heterocycles. The van der Waals surface area contributed by atoms with Crippen molar-refractivity contribution in [2.45, 2.75) is 38.1 Å². The van der Waals surface area contributed by atoms with Crippen LogP contribution in [0.15, 0.2) is 34.2 Å². The van der Waals surface area contributed by atoms with Crippen molar-refractivity contribution in [3.63, 3.8) is 0 Å². The van der Waals surface area contributed by atoms with Gasteiger partial charge in [0.1, 0.15) is 17.6 Å². The number of rotatable bonds is 9. The predicted molar refractivity (Wildman–Crippen MR) is 145 cm³/mol. The molecule has 0 amide bonds. The lowest BCUT2D eigenvalue weighted by Crippen LogP contribution is -2.52. The Kier molecular flexibility index (Phi) is 7.47. The van der Waals surface area contributed by atoms with Gasteiger partial charge in [-0.15, -0.1) is 15.0 Å². The van der Waals surface area contributed by atoms with Crippen LogP contribution in [0.3, 0.4) is 0 Å². The lowest BCUT2D eigenvalue weighted by atomic mass is 10.1. The topological polar surface area (TPSA) is 130 Å². The summed E-state index contributed by atoms with van der Waals surface area (Å²) in [6, 6.07) is 4.70. The Bertz CT molecular complexity index is 1640. The highest BCUT2D eigenvalue weighted by Gasteiger charge is 2.26. The van der Waals surface area contributed by atoms with Gasteiger partial charge in [0.25, 0.3) is 10.0 Å². The standard InChI is InChI=1S/C24H31ClN8O4S/c1-4-8-32-22-19(25)20(27-21(22)23-28-26-15-33(23)24(32)34)17-14-16(6-7-18(17)37-13-5-2)38(35,36)29-31-11-9-30(3)10-12-31/h6-7,14-15,27,29H,4-5,8-13H2,1-3H3. The molecule has 1 fully saturated rings. The number of hydrogen-bond donors (Lipinski definition) is 2. The number of nitrogens with zero attached hydrogens (tertiary/aromatic N) is 6. The van der Waals surface area contributed by atoms with Gasteiger partial charge in [0.15, 0.2) is 5.65 Å². The zero-order valence-electron chi connectivity index (χ0n) is 21.6. The van der Waals surface area contributed by atoms with Crippen LogP contribution in [0, 0.1) is 0 Å². The van der Waals surface area contributed by atoms with Gasteiger partial charge >= 0.3 is 5.69 Å². The molecule has 4 aromatic rings. The van der Waals surface area contributed by atoms with Gasteiger partial charge in [-0.05, 0) is 38.1 Å². The average molecular weight is 563 g/mol. The molecule has 0 atom stereocenters. The summed E-state index contributed by atoms with van der Waals surface area (Å²) in [4.78, 5) is 21.4. The van der Waals surface area contributed by atoms with Crippen LogP contribution >= 0.6 is 11.6 Å². The van der Waals surface area contributed by atoms with E-state index in [0.717, 1.165) is 19.5 Å². The van der Waals surface area contributed by atoms with Crippen LogP contribution < -0.4 is 15.3 Å². The minimum absolute atomic E-state index is 0.0728. The maximum atomic E-state index is 13.4. The number of benzene rings is 1. The van der Waals surface area contributed by atoms with Crippen LogP contribution in [0.25, 0.3) is 27.9 Å². The number of aryl methyl sites for hydroxylation is 1. The van der Waals surface area contributed by atoms with Crippen LogP contribution in [-0.2, 0) is 16.6 Å². The predicted octanol–water partition coefficient (Wildman–Crippen LogP) is 2.33. The third-order valence-corrected chi connectivity index (χ3v) is 8.33. The summed E-state index contributed by atoms with van der Waals surface area (Å²) in [5.41, 5.74) is 1.95. The number of ether oxygens (including phenoxy) is 1. The number of nitrogens with one attached hydrogen (secondary N) is 2. The molecule has 0 unspecified atom stereocenters. The molecule has 5 rings (SSSR count). The van der Waals surface area contributed by atoms with E-state index in [-0.39, 0.29) is 15.6 Å². The van der Waals surface area contributed by atoms with Crippen molar-refractivity contribution < 1.29 is 13.2 Å². The zero-order valence-corrected chi connectivity index (χ0v) is 23.1. The van der Waals surface area contributed by atoms with Crippen LogP contribution in [0.1, 0.15) is 26.7 Å². The van der Waals surface area contributed by atoms with Crippen LogP contribution in [0.4, 0.5) is 0 Å². The monoisotopic (exact) mass is 562 g/mol. The first-order valence-electron chi connectivity index (χ1n) is 12.6. The fourth-order valence-corrected chi connectivity index (χ4v) is 6.09. The maximum Gasteiger partial charge on any atom is 0.335 e. The molecular weight excluding hydrogens is 532 g/mol. The first-order valence-corrected chi connectivity index (χ1v) is 14.5. The molecule has 38 heavy (non-hydrogen) atoms. The molecule has 0 saturated carbocycles. The Morgan fingerprint density at radius 2 is 1.92 bits per heavy atom. The van der Waals surface area contributed by atoms with Gasteiger partial charge in [-0.25, -0.2) is 22.6 Å². The molecule has 1 aliphatic rings. The van der Waals surface area contributed by atoms with Gasteiger partial charge in [0, 0.05) is 38.3 Å². The Morgan fingerprint density at radius 3 is 2.63 bits per heavy atom. The van der Waals surface area contributed by atoms with Crippen LogP contribution in [0.2, 0.25) is 5.02 Å². The number of aromatic amines is 1. The molecule has 2 N–H and O–H groups in total. The van der Waals surface area contributed by atoms with Crippen LogP contribution in [-0.4, -0.2) is 82.3 Å². The molecule has 0 spiro atoms. The molecule has 12 nitrogen and oxygen atoms in total. The van der Waals surface area contributed by atoms with E-state index in [9.17, 15) is 13.2 Å². The quantitative estimate of drug-likeness (QED) is 0.318. The highest BCUT2D eigenvalue weighted by molar-refractivity contribution is 7.89. The Morgan fingerprint density at radius 1 is 1.16 bits per heavy atom. The van der Waals surface area contributed by atoms with Crippen LogP contribution in [0.5, 0.6) is 5.75 Å². The smallest absolute Gasteiger partial charge is 0.335 e. The third-order valence-electron chi connectivity index (χ3n) is 6.58. The highest BCUT2D eigenvalue weighted by Crippen LogP contribution is 2.40. The number of hydrogen-bond acceptors (Lipinski definition) is 8. The summed E-state index contributed by atoms with van der Waals surface area (Å²) in [6.07, 6.45) is 2.84. The second-order valence-electron chi connectivity index (χ2n) is 9.39. The van der Waals surface area contributed by atoms with E-state index in [2.05, 4.69) is 24.9 Å². The second-order valence-corrected chi connectivity index (χ2v) is 11.4. The molecule has 0 radical (unpaired) electrons. The molecule has 14 heteroatoms. The summed E-state index contributed by atoms with van der Waals surface area (Å²) < 4.78 is 35.6. The molecule has 1 aliphatic heterocycles. The van der Waals surface area contributed by atoms with Gasteiger partial charge in [0.05, 0.1) is 27.7 Å². The van der Waals surface area contributed by atoms with E-state index in [1.165, 1.54) is 16.8 Å². The number of likely N-dealkylation sites (N-methyl/N-ethyl adjacent to an activating group) is 1. The van der Waals surface area contributed by atoms with Gasteiger partial charge in [-0.3, -0.25) is 4.57 Å². The summed E-state index contributed by atoms with van der Waals surface area (Å²) in [6.45, 7) is 7.51. The number of H-pyrrole nitrogens is 1. The largest absolute Gasteiger partial charge is 0.493 e. The number of fused-ring (bicyclic) bond motifs is 3. The molecule has 4 heterocycles. The van der Waals surface area contributed by atoms with E-state index in [4.69, 9.17) is 16.3 Å². The fraction of sp³-hybridized carbons (Fsp3) is 0.458. The maximum absolute atomic E-state index is 13.4. The van der Waals surface area contributed by atoms with Gasteiger partial charge in [-0.1, -0.05) is 25.4 Å². The lowest BCUT2D eigenvalue weighted by molar-refractivity contribution is 0.135. The van der Waals surface area contributed by atoms with Crippen molar-refractivity contribution in [2.75, 3.05) is 39.8 Å². The molecule has 0 bridgehead atoms. The zero-order chi connectivity index (χ0) is 27.0. The van der Waals surface area contributed by atoms with Gasteiger partial charge in [0.2, 0.25) is 0 Å². The summed E-state index contributed by atoms with van der Waals surface area (Å²) in [5.74, 6) is 0.473. The number of hydrazine groups is 1. The van der Waals surface area contributed by atoms with Crippen molar-refractivity contribution in [3.05, 3.63) is 40.0 Å². The third kappa shape index (κ3) is 4.80. The van der Waals surface area contributed by atoms with Gasteiger partial charge < -0.3 is 14.6 Å². The molecule has 1 aromatic carbocycles. The Labute approximate surface area is 225 Å². The molecule has 1 saturated heterocycles. The van der Waals surface area contributed by atoms with Crippen molar-refractivity contribution in [1.82, 2.24) is 38.9 Å². The second kappa shape index (κ2) is 10.7. The number of halogens is 1. The van der Waals surface area contributed by atoms with Crippen molar-refractivity contribution in [2.24, 2.45) is 0 Å². The number of piperazine rings is 1. The van der Waals surface area contributed by atoms with E-state index >= 15 is 0 Å².